The zero-order valence-corrected chi connectivity index (χ0v) is 18.8. The van der Waals surface area contributed by atoms with E-state index in [-0.39, 0.29) is 18.9 Å². The molecule has 0 heterocycles. The Morgan fingerprint density at radius 2 is 1.74 bits per heavy atom. The molecular formula is C23H37N3O5. The molecule has 8 heteroatoms. The first-order valence-corrected chi connectivity index (χ1v) is 10.8. The number of esters is 1. The maximum Gasteiger partial charge on any atom is 0.329 e. The number of hydrogen-bond acceptors (Lipinski definition) is 7. The van der Waals surface area contributed by atoms with Crippen LogP contribution in [0.5, 0.6) is 0 Å². The lowest BCUT2D eigenvalue weighted by molar-refractivity contribution is -0.163. The lowest BCUT2D eigenvalue weighted by Crippen LogP contribution is -2.58. The summed E-state index contributed by atoms with van der Waals surface area (Å²) in [5.74, 6) is -2.95. The molecule has 3 unspecified atom stereocenters. The van der Waals surface area contributed by atoms with Crippen LogP contribution in [-0.4, -0.2) is 60.1 Å². The molecule has 1 rings (SSSR count). The van der Waals surface area contributed by atoms with Crippen LogP contribution in [0.4, 0.5) is 0 Å². The van der Waals surface area contributed by atoms with E-state index in [0.29, 0.717) is 6.42 Å². The molecule has 5 N–H and O–H groups in total. The average Bonchev–Trinajstić information content (AvgIpc) is 2.77. The maximum atomic E-state index is 13.1. The molecule has 2 amide bonds. The van der Waals surface area contributed by atoms with Crippen molar-refractivity contribution in [3.8, 4) is 0 Å². The highest BCUT2D eigenvalue weighted by atomic mass is 16.5. The Hall–Kier alpha value is -2.29. The number of benzene rings is 1. The van der Waals surface area contributed by atoms with E-state index in [2.05, 4.69) is 12.1 Å². The second-order valence-electron chi connectivity index (χ2n) is 8.06. The predicted molar refractivity (Wildman–Crippen MR) is 119 cm³/mol. The summed E-state index contributed by atoms with van der Waals surface area (Å²) in [5.41, 5.74) is 12.8. The van der Waals surface area contributed by atoms with Gasteiger partial charge in [0.1, 0.15) is 6.04 Å². The minimum Gasteiger partial charge on any atom is -0.467 e. The zero-order valence-electron chi connectivity index (χ0n) is 18.8. The second kappa shape index (κ2) is 13.9. The van der Waals surface area contributed by atoms with Crippen molar-refractivity contribution in [2.45, 2.75) is 58.0 Å². The van der Waals surface area contributed by atoms with E-state index in [9.17, 15) is 19.5 Å². The highest BCUT2D eigenvalue weighted by molar-refractivity contribution is 6.01. The maximum absolute atomic E-state index is 13.1. The summed E-state index contributed by atoms with van der Waals surface area (Å²) in [6.07, 6.45) is 3.32. The van der Waals surface area contributed by atoms with Crippen molar-refractivity contribution in [2.24, 2.45) is 23.3 Å². The molecule has 31 heavy (non-hydrogen) atoms. The van der Waals surface area contributed by atoms with Crippen LogP contribution in [0, 0.1) is 11.8 Å². The SMILES string of the molecule is COC(=O)C(C(C)C)N(C(=O)CCCCCc1ccccc1)C(=O)C(N)C(CN)CO. The van der Waals surface area contributed by atoms with Crippen LogP contribution in [0.2, 0.25) is 0 Å². The van der Waals surface area contributed by atoms with Crippen molar-refractivity contribution < 1.29 is 24.2 Å². The number of carbonyl (C=O) groups excluding carboxylic acids is 3. The van der Waals surface area contributed by atoms with Gasteiger partial charge < -0.3 is 21.3 Å². The highest BCUT2D eigenvalue weighted by Gasteiger charge is 2.40. The Morgan fingerprint density at radius 3 is 2.26 bits per heavy atom. The number of aliphatic hydroxyl groups excluding tert-OH is 1. The second-order valence-corrected chi connectivity index (χ2v) is 8.06. The number of unbranched alkanes of at least 4 members (excludes halogenated alkanes) is 2. The number of aliphatic hydroxyl groups is 1. The summed E-state index contributed by atoms with van der Waals surface area (Å²) in [5, 5.41) is 9.46. The number of rotatable bonds is 13. The van der Waals surface area contributed by atoms with E-state index in [1.165, 1.54) is 12.7 Å². The van der Waals surface area contributed by atoms with Gasteiger partial charge in [0.25, 0.3) is 0 Å². The van der Waals surface area contributed by atoms with Gasteiger partial charge in [0.05, 0.1) is 13.2 Å². The summed E-state index contributed by atoms with van der Waals surface area (Å²) in [6.45, 7) is 3.05. The molecule has 1 aromatic rings. The standard InChI is InChI=1S/C23H37N3O5/c1-16(2)21(23(30)31-3)26(22(29)20(25)18(14-24)15-27)19(28)13-9-5-8-12-17-10-6-4-7-11-17/h4,6-7,10-11,16,18,20-21,27H,5,8-9,12-15,24-25H2,1-3H3. The minimum atomic E-state index is -1.19. The minimum absolute atomic E-state index is 0.0184. The van der Waals surface area contributed by atoms with Gasteiger partial charge in [0.15, 0.2) is 0 Å². The third kappa shape index (κ3) is 8.05. The predicted octanol–water partition coefficient (Wildman–Crippen LogP) is 1.24. The van der Waals surface area contributed by atoms with Gasteiger partial charge in [0.2, 0.25) is 11.8 Å². The fourth-order valence-electron chi connectivity index (χ4n) is 3.46. The van der Waals surface area contributed by atoms with Gasteiger partial charge >= 0.3 is 5.97 Å². The average molecular weight is 436 g/mol. The van der Waals surface area contributed by atoms with Gasteiger partial charge in [-0.3, -0.25) is 14.5 Å². The normalized spacial score (nSPS) is 14.0. The van der Waals surface area contributed by atoms with E-state index < -0.39 is 42.4 Å². The summed E-state index contributed by atoms with van der Waals surface area (Å²) in [7, 11) is 1.21. The molecular weight excluding hydrogens is 398 g/mol. The largest absolute Gasteiger partial charge is 0.467 e. The molecule has 0 saturated carbocycles. The molecule has 0 aliphatic carbocycles. The Bertz CT molecular complexity index is 692. The van der Waals surface area contributed by atoms with Crippen molar-refractivity contribution in [3.63, 3.8) is 0 Å². The summed E-state index contributed by atoms with van der Waals surface area (Å²) in [6, 6.07) is 7.80. The van der Waals surface area contributed by atoms with E-state index in [1.807, 2.05) is 18.2 Å². The van der Waals surface area contributed by atoms with Gasteiger partial charge in [-0.2, -0.15) is 0 Å². The van der Waals surface area contributed by atoms with E-state index in [0.717, 1.165) is 24.2 Å². The molecule has 0 radical (unpaired) electrons. The van der Waals surface area contributed by atoms with Crippen molar-refractivity contribution in [1.29, 1.82) is 0 Å². The number of carbonyl (C=O) groups is 3. The molecule has 3 atom stereocenters. The molecule has 1 aromatic carbocycles. The van der Waals surface area contributed by atoms with Crippen molar-refractivity contribution in [2.75, 3.05) is 20.3 Å². The Balaban J connectivity index is 2.87. The fraction of sp³-hybridized carbons (Fsp3) is 0.609. The number of amides is 2. The van der Waals surface area contributed by atoms with E-state index in [1.54, 1.807) is 13.8 Å². The van der Waals surface area contributed by atoms with E-state index >= 15 is 0 Å². The lowest BCUT2D eigenvalue weighted by Gasteiger charge is -2.34. The first-order chi connectivity index (χ1) is 14.8. The molecule has 0 aliphatic heterocycles. The molecule has 0 aromatic heterocycles. The number of imide groups is 1. The Morgan fingerprint density at radius 1 is 1.10 bits per heavy atom. The third-order valence-corrected chi connectivity index (χ3v) is 5.39. The first-order valence-electron chi connectivity index (χ1n) is 10.8. The van der Waals surface area contributed by atoms with Crippen LogP contribution in [-0.2, 0) is 25.5 Å². The number of ether oxygens (including phenoxy) is 1. The van der Waals surface area contributed by atoms with Crippen LogP contribution >= 0.6 is 0 Å². The molecule has 0 bridgehead atoms. The summed E-state index contributed by atoms with van der Waals surface area (Å²) < 4.78 is 4.84. The molecule has 0 saturated heterocycles. The lowest BCUT2D eigenvalue weighted by atomic mass is 9.96. The Labute approximate surface area is 184 Å². The number of hydrogen-bond donors (Lipinski definition) is 3. The van der Waals surface area contributed by atoms with Gasteiger partial charge in [-0.1, -0.05) is 50.6 Å². The topological polar surface area (TPSA) is 136 Å². The highest BCUT2D eigenvalue weighted by Crippen LogP contribution is 2.19. The molecule has 0 spiro atoms. The van der Waals surface area contributed by atoms with Crippen molar-refractivity contribution in [1.82, 2.24) is 4.90 Å². The van der Waals surface area contributed by atoms with Crippen LogP contribution in [0.3, 0.4) is 0 Å². The number of methoxy groups -OCH3 is 1. The van der Waals surface area contributed by atoms with Gasteiger partial charge in [0, 0.05) is 18.9 Å². The quantitative estimate of drug-likeness (QED) is 0.313. The number of aryl methyl sites for hydroxylation is 1. The summed E-state index contributed by atoms with van der Waals surface area (Å²) in [4.78, 5) is 39.4. The number of nitrogens with two attached hydrogens (primary N) is 2. The van der Waals surface area contributed by atoms with Crippen LogP contribution in [0.25, 0.3) is 0 Å². The molecule has 8 nitrogen and oxygen atoms in total. The fourth-order valence-corrected chi connectivity index (χ4v) is 3.46. The van der Waals surface area contributed by atoms with Crippen LogP contribution < -0.4 is 11.5 Å². The zero-order chi connectivity index (χ0) is 23.4. The van der Waals surface area contributed by atoms with Crippen LogP contribution in [0.1, 0.15) is 45.1 Å². The first kappa shape index (κ1) is 26.7. The third-order valence-electron chi connectivity index (χ3n) is 5.39. The van der Waals surface area contributed by atoms with Gasteiger partial charge in [-0.25, -0.2) is 4.79 Å². The van der Waals surface area contributed by atoms with Gasteiger partial charge in [-0.05, 0) is 37.3 Å². The number of nitrogens with zero attached hydrogens (tertiary/aromatic N) is 1. The molecule has 0 fully saturated rings. The monoisotopic (exact) mass is 435 g/mol. The smallest absolute Gasteiger partial charge is 0.329 e. The van der Waals surface area contributed by atoms with Crippen molar-refractivity contribution in [3.05, 3.63) is 35.9 Å². The molecule has 0 aliphatic rings. The van der Waals surface area contributed by atoms with Gasteiger partial charge in [-0.15, -0.1) is 0 Å². The summed E-state index contributed by atoms with van der Waals surface area (Å²) >= 11 is 0. The van der Waals surface area contributed by atoms with Crippen LogP contribution in [0.15, 0.2) is 30.3 Å². The Kier molecular flexibility index (Phi) is 12.0. The van der Waals surface area contributed by atoms with E-state index in [4.69, 9.17) is 16.2 Å². The molecule has 174 valence electrons. The van der Waals surface area contributed by atoms with Crippen molar-refractivity contribution >= 4 is 17.8 Å².